The van der Waals surface area contributed by atoms with Gasteiger partial charge in [-0.15, -0.1) is 0 Å². The molecule has 0 heterocycles. The van der Waals surface area contributed by atoms with Crippen molar-refractivity contribution in [1.82, 2.24) is 15.5 Å². The molecule has 0 aliphatic carbocycles. The Labute approximate surface area is 192 Å². The highest BCUT2D eigenvalue weighted by molar-refractivity contribution is 5.93. The van der Waals surface area contributed by atoms with Crippen LogP contribution in [0.5, 0.6) is 0 Å². The molecule has 1 aromatic carbocycles. The third-order valence-electron chi connectivity index (χ3n) is 6.07. The minimum atomic E-state index is -1.02. The van der Waals surface area contributed by atoms with Gasteiger partial charge in [-0.2, -0.15) is 0 Å². The second-order valence-electron chi connectivity index (χ2n) is 8.91. The molecular weight excluding hydrogens is 406 g/mol. The lowest BCUT2D eigenvalue weighted by atomic mass is 9.85. The highest BCUT2D eigenvalue weighted by Gasteiger charge is 2.40. The number of rotatable bonds is 11. The fraction of sp³-hybridized carbons (Fsp3) is 0.560. The minimum Gasteiger partial charge on any atom is -0.478 e. The van der Waals surface area contributed by atoms with Crippen molar-refractivity contribution in [3.8, 4) is 0 Å². The molecule has 1 unspecified atom stereocenters. The first kappa shape index (κ1) is 27.4. The Balaban J connectivity index is 3.26. The Morgan fingerprint density at radius 2 is 1.66 bits per heavy atom. The number of carboxylic acids is 1. The molecule has 3 atom stereocenters. The van der Waals surface area contributed by atoms with Crippen molar-refractivity contribution < 1.29 is 19.5 Å². The first-order valence-corrected chi connectivity index (χ1v) is 11.2. The van der Waals surface area contributed by atoms with Gasteiger partial charge in [0, 0.05) is 12.6 Å². The van der Waals surface area contributed by atoms with Gasteiger partial charge in [-0.3, -0.25) is 9.59 Å². The fourth-order valence-corrected chi connectivity index (χ4v) is 3.88. The number of hydrogen-bond donors (Lipinski definition) is 3. The monoisotopic (exact) mass is 445 g/mol. The molecule has 0 aliphatic heterocycles. The van der Waals surface area contributed by atoms with Crippen LogP contribution in [0, 0.1) is 11.8 Å². The van der Waals surface area contributed by atoms with Gasteiger partial charge in [-0.1, -0.05) is 71.0 Å². The van der Waals surface area contributed by atoms with E-state index in [0.717, 1.165) is 5.56 Å². The summed E-state index contributed by atoms with van der Waals surface area (Å²) in [5, 5.41) is 15.4. The first-order chi connectivity index (χ1) is 14.9. The van der Waals surface area contributed by atoms with Crippen molar-refractivity contribution in [2.45, 2.75) is 65.6 Å². The van der Waals surface area contributed by atoms with Gasteiger partial charge < -0.3 is 20.6 Å². The highest BCUT2D eigenvalue weighted by atomic mass is 16.4. The molecule has 3 N–H and O–H groups in total. The molecular formula is C25H39N3O4. The number of carbonyl (C=O) groups excluding carboxylic acids is 2. The van der Waals surface area contributed by atoms with E-state index >= 15 is 0 Å². The van der Waals surface area contributed by atoms with E-state index in [-0.39, 0.29) is 29.2 Å². The molecule has 1 rings (SSSR count). The lowest BCUT2D eigenvalue weighted by Gasteiger charge is -2.37. The van der Waals surface area contributed by atoms with Crippen molar-refractivity contribution in [3.05, 3.63) is 47.5 Å². The molecule has 0 spiro atoms. The summed E-state index contributed by atoms with van der Waals surface area (Å²) >= 11 is 0. The molecule has 0 saturated heterocycles. The standard InChI is InChI=1S/C25H39N3O4/c1-9-25(26-7,19-13-11-10-12-14-19)24(32)27-21(17(4)5)22(29)28(8)20(16(2)3)15-18(6)23(30)31/h10-17,20-21,26H,9H2,1-8H3,(H,27,32)(H,30,31)/t20-,21+,25?/m1/s1. The van der Waals surface area contributed by atoms with Crippen LogP contribution < -0.4 is 10.6 Å². The minimum absolute atomic E-state index is 0.00174. The number of amides is 2. The second-order valence-corrected chi connectivity index (χ2v) is 8.91. The summed E-state index contributed by atoms with van der Waals surface area (Å²) in [5.74, 6) is -1.70. The number of carbonyl (C=O) groups is 3. The topological polar surface area (TPSA) is 98.7 Å². The van der Waals surface area contributed by atoms with Crippen LogP contribution in [-0.4, -0.2) is 54.0 Å². The summed E-state index contributed by atoms with van der Waals surface area (Å²) in [5.41, 5.74) is 0.0356. The third-order valence-corrected chi connectivity index (χ3v) is 6.07. The zero-order valence-corrected chi connectivity index (χ0v) is 20.6. The van der Waals surface area contributed by atoms with Crippen LogP contribution in [0.2, 0.25) is 0 Å². The van der Waals surface area contributed by atoms with E-state index < -0.39 is 23.6 Å². The molecule has 178 valence electrons. The summed E-state index contributed by atoms with van der Waals surface area (Å²) < 4.78 is 0. The van der Waals surface area contributed by atoms with Gasteiger partial charge in [0.05, 0.1) is 6.04 Å². The maximum atomic E-state index is 13.5. The van der Waals surface area contributed by atoms with E-state index in [2.05, 4.69) is 10.6 Å². The molecule has 2 amide bonds. The Morgan fingerprint density at radius 3 is 2.06 bits per heavy atom. The lowest BCUT2D eigenvalue weighted by Crippen LogP contribution is -2.60. The maximum absolute atomic E-state index is 13.5. The molecule has 0 bridgehead atoms. The van der Waals surface area contributed by atoms with E-state index in [4.69, 9.17) is 0 Å². The number of nitrogens with one attached hydrogen (secondary N) is 2. The lowest BCUT2D eigenvalue weighted by molar-refractivity contribution is -0.140. The SMILES string of the molecule is CCC(NC)(C(=O)N[C@H](C(=O)N(C)[C@H](C=C(C)C(=O)O)C(C)C)C(C)C)c1ccccc1. The van der Waals surface area contributed by atoms with E-state index in [1.165, 1.54) is 11.8 Å². The van der Waals surface area contributed by atoms with Crippen LogP contribution in [0.4, 0.5) is 0 Å². The molecule has 7 nitrogen and oxygen atoms in total. The normalized spacial score (nSPS) is 15.8. The molecule has 32 heavy (non-hydrogen) atoms. The number of hydrogen-bond acceptors (Lipinski definition) is 4. The Kier molecular flexibility index (Phi) is 10.1. The zero-order valence-electron chi connectivity index (χ0n) is 20.6. The number of likely N-dealkylation sites (N-methyl/N-ethyl adjacent to an activating group) is 2. The predicted molar refractivity (Wildman–Crippen MR) is 127 cm³/mol. The molecule has 0 aromatic heterocycles. The third kappa shape index (κ3) is 6.19. The molecule has 0 saturated carbocycles. The van der Waals surface area contributed by atoms with Gasteiger partial charge in [0.2, 0.25) is 11.8 Å². The average molecular weight is 446 g/mol. The van der Waals surface area contributed by atoms with E-state index in [1.807, 2.05) is 65.0 Å². The van der Waals surface area contributed by atoms with Crippen LogP contribution in [0.1, 0.15) is 53.5 Å². The quantitative estimate of drug-likeness (QED) is 0.455. The van der Waals surface area contributed by atoms with Gasteiger partial charge >= 0.3 is 5.97 Å². The summed E-state index contributed by atoms with van der Waals surface area (Å²) in [4.78, 5) is 39.8. The molecule has 7 heteroatoms. The van der Waals surface area contributed by atoms with E-state index in [0.29, 0.717) is 6.42 Å². The number of aliphatic carboxylic acids is 1. The summed E-state index contributed by atoms with van der Waals surface area (Å²) in [7, 11) is 3.39. The fourth-order valence-electron chi connectivity index (χ4n) is 3.88. The second kappa shape index (κ2) is 11.8. The molecule has 1 aromatic rings. The predicted octanol–water partition coefficient (Wildman–Crippen LogP) is 3.17. The van der Waals surface area contributed by atoms with Gasteiger partial charge in [0.15, 0.2) is 0 Å². The van der Waals surface area contributed by atoms with Crippen molar-refractivity contribution in [2.24, 2.45) is 11.8 Å². The van der Waals surface area contributed by atoms with E-state index in [1.54, 1.807) is 20.2 Å². The average Bonchev–Trinajstić information content (AvgIpc) is 2.76. The molecule has 0 aliphatic rings. The van der Waals surface area contributed by atoms with E-state index in [9.17, 15) is 19.5 Å². The Hall–Kier alpha value is -2.67. The van der Waals surface area contributed by atoms with Crippen LogP contribution >= 0.6 is 0 Å². The Bertz CT molecular complexity index is 814. The van der Waals surface area contributed by atoms with Crippen LogP contribution in [-0.2, 0) is 19.9 Å². The van der Waals surface area contributed by atoms with Crippen molar-refractivity contribution >= 4 is 17.8 Å². The zero-order chi connectivity index (χ0) is 24.6. The highest BCUT2D eigenvalue weighted by Crippen LogP contribution is 2.26. The maximum Gasteiger partial charge on any atom is 0.331 e. The molecule has 0 fully saturated rings. The molecule has 0 radical (unpaired) electrons. The number of carboxylic acid groups (broad SMARTS) is 1. The Morgan fingerprint density at radius 1 is 1.09 bits per heavy atom. The van der Waals surface area contributed by atoms with Gasteiger partial charge in [-0.05, 0) is 37.8 Å². The van der Waals surface area contributed by atoms with Gasteiger partial charge in [-0.25, -0.2) is 4.79 Å². The van der Waals surface area contributed by atoms with Crippen LogP contribution in [0.25, 0.3) is 0 Å². The smallest absolute Gasteiger partial charge is 0.331 e. The van der Waals surface area contributed by atoms with Crippen molar-refractivity contribution in [3.63, 3.8) is 0 Å². The summed E-state index contributed by atoms with van der Waals surface area (Å²) in [6.07, 6.45) is 2.10. The van der Waals surface area contributed by atoms with Crippen LogP contribution in [0.15, 0.2) is 42.0 Å². The summed E-state index contributed by atoms with van der Waals surface area (Å²) in [6.45, 7) is 11.1. The van der Waals surface area contributed by atoms with Gasteiger partial charge in [0.1, 0.15) is 11.6 Å². The van der Waals surface area contributed by atoms with Crippen molar-refractivity contribution in [1.29, 1.82) is 0 Å². The van der Waals surface area contributed by atoms with Crippen LogP contribution in [0.3, 0.4) is 0 Å². The number of nitrogens with zero attached hydrogens (tertiary/aromatic N) is 1. The van der Waals surface area contributed by atoms with Gasteiger partial charge in [0.25, 0.3) is 0 Å². The number of benzene rings is 1. The largest absolute Gasteiger partial charge is 0.478 e. The van der Waals surface area contributed by atoms with Crippen molar-refractivity contribution in [2.75, 3.05) is 14.1 Å². The summed E-state index contributed by atoms with van der Waals surface area (Å²) in [6, 6.07) is 8.28. The first-order valence-electron chi connectivity index (χ1n) is 11.2.